The second kappa shape index (κ2) is 10.3. The van der Waals surface area contributed by atoms with Crippen LogP contribution in [0.25, 0.3) is 74.8 Å². The molecule has 0 atom stereocenters. The summed E-state index contributed by atoms with van der Waals surface area (Å²) in [5, 5.41) is 9.64. The first-order valence-electron chi connectivity index (χ1n) is 15.9. The van der Waals surface area contributed by atoms with Gasteiger partial charge in [-0.1, -0.05) is 103 Å². The number of hydrogen-bond donors (Lipinski definition) is 0. The van der Waals surface area contributed by atoms with Crippen LogP contribution in [0.4, 0.5) is 17.1 Å². The second-order valence-corrected chi connectivity index (χ2v) is 13.2. The van der Waals surface area contributed by atoms with E-state index in [4.69, 9.17) is 4.42 Å². The van der Waals surface area contributed by atoms with Crippen molar-refractivity contribution in [3.05, 3.63) is 164 Å². The van der Waals surface area contributed by atoms with Gasteiger partial charge in [0, 0.05) is 47.7 Å². The monoisotopic (exact) mass is 617 g/mol. The molecular formula is C44H27NOS. The topological polar surface area (TPSA) is 16.4 Å². The van der Waals surface area contributed by atoms with Crippen molar-refractivity contribution in [1.82, 2.24) is 0 Å². The van der Waals surface area contributed by atoms with E-state index in [0.717, 1.165) is 44.4 Å². The highest BCUT2D eigenvalue weighted by atomic mass is 32.1. The molecular weight excluding hydrogens is 591 g/mol. The van der Waals surface area contributed by atoms with Gasteiger partial charge in [0.1, 0.15) is 11.2 Å². The first kappa shape index (κ1) is 26.3. The zero-order chi connectivity index (χ0) is 30.9. The Hall–Kier alpha value is -5.90. The molecule has 0 fully saturated rings. The van der Waals surface area contributed by atoms with Crippen molar-refractivity contribution in [3.63, 3.8) is 0 Å². The molecule has 0 saturated carbocycles. The standard InChI is InChI=1S/C44H27NOS/c1-2-11-28(12-3-1)29-14-10-15-31(23-29)45(32-21-22-44-39(25-32)35-18-7-9-20-43(35)47-44)40-24-30-13-4-5-16-33(30)36-26-38-34-17-6-8-19-41(34)46-42(38)27-37(36)40/h1-27H. The Bertz CT molecular complexity index is 2810. The first-order chi connectivity index (χ1) is 23.3. The van der Waals surface area contributed by atoms with Gasteiger partial charge >= 0.3 is 0 Å². The number of para-hydroxylation sites is 1. The molecule has 220 valence electrons. The van der Waals surface area contributed by atoms with E-state index in [-0.39, 0.29) is 0 Å². The fourth-order valence-electron chi connectivity index (χ4n) is 7.22. The van der Waals surface area contributed by atoms with Crippen molar-refractivity contribution in [2.45, 2.75) is 0 Å². The molecule has 0 radical (unpaired) electrons. The minimum absolute atomic E-state index is 0.896. The fourth-order valence-corrected chi connectivity index (χ4v) is 8.31. The van der Waals surface area contributed by atoms with Gasteiger partial charge in [0.2, 0.25) is 0 Å². The molecule has 10 rings (SSSR count). The van der Waals surface area contributed by atoms with Gasteiger partial charge in [-0.25, -0.2) is 0 Å². The minimum Gasteiger partial charge on any atom is -0.456 e. The number of benzene rings is 8. The third-order valence-electron chi connectivity index (χ3n) is 9.41. The van der Waals surface area contributed by atoms with Gasteiger partial charge in [0.15, 0.2) is 0 Å². The lowest BCUT2D eigenvalue weighted by Crippen LogP contribution is -2.10. The van der Waals surface area contributed by atoms with Gasteiger partial charge in [0.25, 0.3) is 0 Å². The number of thiophene rings is 1. The predicted octanol–water partition coefficient (Wildman–Crippen LogP) is 13.4. The van der Waals surface area contributed by atoms with Crippen LogP contribution in [0.1, 0.15) is 0 Å². The maximum Gasteiger partial charge on any atom is 0.136 e. The molecule has 0 amide bonds. The molecule has 2 aromatic heterocycles. The molecule has 8 aromatic carbocycles. The zero-order valence-electron chi connectivity index (χ0n) is 25.4. The molecule has 2 heterocycles. The molecule has 0 spiro atoms. The zero-order valence-corrected chi connectivity index (χ0v) is 26.2. The highest BCUT2D eigenvalue weighted by Crippen LogP contribution is 2.46. The molecule has 0 unspecified atom stereocenters. The molecule has 3 heteroatoms. The van der Waals surface area contributed by atoms with Crippen LogP contribution in [0.15, 0.2) is 168 Å². The average Bonchev–Trinajstić information content (AvgIpc) is 3.69. The Morgan fingerprint density at radius 3 is 2.02 bits per heavy atom. The minimum atomic E-state index is 0.896. The van der Waals surface area contributed by atoms with E-state index in [1.54, 1.807) is 0 Å². The Morgan fingerprint density at radius 1 is 0.383 bits per heavy atom. The van der Waals surface area contributed by atoms with E-state index in [2.05, 4.69) is 163 Å². The van der Waals surface area contributed by atoms with Crippen LogP contribution in [0.3, 0.4) is 0 Å². The highest BCUT2D eigenvalue weighted by Gasteiger charge is 2.21. The summed E-state index contributed by atoms with van der Waals surface area (Å²) in [5.41, 5.74) is 7.52. The largest absolute Gasteiger partial charge is 0.456 e. The fraction of sp³-hybridized carbons (Fsp3) is 0. The van der Waals surface area contributed by atoms with E-state index in [1.807, 2.05) is 17.4 Å². The molecule has 0 aliphatic rings. The summed E-state index contributed by atoms with van der Waals surface area (Å²) in [4.78, 5) is 2.43. The van der Waals surface area contributed by atoms with Gasteiger partial charge in [-0.15, -0.1) is 11.3 Å². The number of nitrogens with zero attached hydrogens (tertiary/aromatic N) is 1. The van der Waals surface area contributed by atoms with E-state index in [0.29, 0.717) is 0 Å². The molecule has 10 aromatic rings. The molecule has 0 N–H and O–H groups in total. The van der Waals surface area contributed by atoms with Crippen LogP contribution in [-0.4, -0.2) is 0 Å². The lowest BCUT2D eigenvalue weighted by atomic mass is 9.96. The summed E-state index contributed by atoms with van der Waals surface area (Å²) in [7, 11) is 0. The maximum absolute atomic E-state index is 6.47. The summed E-state index contributed by atoms with van der Waals surface area (Å²) in [6, 6.07) is 59.2. The van der Waals surface area contributed by atoms with Crippen LogP contribution < -0.4 is 4.90 Å². The van der Waals surface area contributed by atoms with E-state index < -0.39 is 0 Å². The lowest BCUT2D eigenvalue weighted by Gasteiger charge is -2.28. The Morgan fingerprint density at radius 2 is 1.11 bits per heavy atom. The van der Waals surface area contributed by atoms with Crippen LogP contribution in [-0.2, 0) is 0 Å². The highest BCUT2D eigenvalue weighted by molar-refractivity contribution is 7.25. The van der Waals surface area contributed by atoms with Crippen LogP contribution in [0.5, 0.6) is 0 Å². The van der Waals surface area contributed by atoms with E-state index >= 15 is 0 Å². The third kappa shape index (κ3) is 4.17. The summed E-state index contributed by atoms with van der Waals surface area (Å²) in [6.45, 7) is 0. The molecule has 0 aliphatic heterocycles. The van der Waals surface area contributed by atoms with Crippen LogP contribution in [0, 0.1) is 0 Å². The smallest absolute Gasteiger partial charge is 0.136 e. The van der Waals surface area contributed by atoms with Crippen molar-refractivity contribution < 1.29 is 4.42 Å². The van der Waals surface area contributed by atoms with Crippen LogP contribution >= 0.6 is 11.3 Å². The summed E-state index contributed by atoms with van der Waals surface area (Å²) < 4.78 is 9.07. The normalized spacial score (nSPS) is 11.8. The van der Waals surface area contributed by atoms with Crippen molar-refractivity contribution in [1.29, 1.82) is 0 Å². The number of fused-ring (bicyclic) bond motifs is 9. The Balaban J connectivity index is 1.31. The van der Waals surface area contributed by atoms with Gasteiger partial charge in [0.05, 0.1) is 5.69 Å². The van der Waals surface area contributed by atoms with Gasteiger partial charge in [-0.2, -0.15) is 0 Å². The number of rotatable bonds is 4. The SMILES string of the molecule is c1ccc(-c2cccc(N(c3ccc4sc5ccccc5c4c3)c3cc4ccccc4c4cc5c(cc34)oc3ccccc35)c2)cc1. The van der Waals surface area contributed by atoms with Gasteiger partial charge in [-0.05, 0) is 87.9 Å². The molecule has 47 heavy (non-hydrogen) atoms. The Kier molecular flexibility index (Phi) is 5.78. The Labute approximate surface area is 275 Å². The number of hydrogen-bond acceptors (Lipinski definition) is 3. The molecule has 0 aliphatic carbocycles. The summed E-state index contributed by atoms with van der Waals surface area (Å²) >= 11 is 1.85. The molecule has 2 nitrogen and oxygen atoms in total. The predicted molar refractivity (Wildman–Crippen MR) is 202 cm³/mol. The number of furan rings is 1. The third-order valence-corrected chi connectivity index (χ3v) is 10.6. The van der Waals surface area contributed by atoms with Crippen molar-refractivity contribution in [2.75, 3.05) is 4.90 Å². The first-order valence-corrected chi connectivity index (χ1v) is 16.7. The van der Waals surface area contributed by atoms with Gasteiger partial charge in [-0.3, -0.25) is 0 Å². The number of anilines is 3. The lowest BCUT2D eigenvalue weighted by molar-refractivity contribution is 0.669. The summed E-state index contributed by atoms with van der Waals surface area (Å²) in [6.07, 6.45) is 0. The van der Waals surface area contributed by atoms with Crippen molar-refractivity contribution in [2.24, 2.45) is 0 Å². The van der Waals surface area contributed by atoms with Crippen molar-refractivity contribution >= 4 is 92.1 Å². The summed E-state index contributed by atoms with van der Waals surface area (Å²) in [5.74, 6) is 0. The van der Waals surface area contributed by atoms with Gasteiger partial charge < -0.3 is 9.32 Å². The maximum atomic E-state index is 6.47. The molecule has 0 saturated heterocycles. The molecule has 0 bridgehead atoms. The quantitative estimate of drug-likeness (QED) is 0.183. The van der Waals surface area contributed by atoms with Crippen molar-refractivity contribution in [3.8, 4) is 11.1 Å². The van der Waals surface area contributed by atoms with E-state index in [9.17, 15) is 0 Å². The average molecular weight is 618 g/mol. The van der Waals surface area contributed by atoms with E-state index in [1.165, 1.54) is 47.5 Å². The second-order valence-electron chi connectivity index (χ2n) is 12.1. The van der Waals surface area contributed by atoms with Crippen LogP contribution in [0.2, 0.25) is 0 Å².